The Morgan fingerprint density at radius 2 is 1.93 bits per heavy atom. The number of nitrogen functional groups attached to an aromatic ring is 1. The highest BCUT2D eigenvalue weighted by Crippen LogP contribution is 2.39. The van der Waals surface area contributed by atoms with Crippen LogP contribution >= 0.6 is 0 Å². The number of benzene rings is 1. The van der Waals surface area contributed by atoms with E-state index in [0.717, 1.165) is 24.1 Å². The monoisotopic (exact) mass is 202 g/mol. The molecular weight excluding hydrogens is 184 g/mol. The average molecular weight is 202 g/mol. The van der Waals surface area contributed by atoms with Crippen LogP contribution in [0.25, 0.3) is 0 Å². The second-order valence-electron chi connectivity index (χ2n) is 5.14. The van der Waals surface area contributed by atoms with Crippen molar-refractivity contribution in [2.45, 2.75) is 19.4 Å². The maximum atomic E-state index is 5.78. The molecule has 1 aromatic carbocycles. The summed E-state index contributed by atoms with van der Waals surface area (Å²) in [6.07, 6.45) is 2.96. The smallest absolute Gasteiger partial charge is 0.0317 e. The van der Waals surface area contributed by atoms with Gasteiger partial charge in [-0.2, -0.15) is 0 Å². The molecule has 2 bridgehead atoms. The van der Waals surface area contributed by atoms with Crippen LogP contribution in [0.15, 0.2) is 24.3 Å². The van der Waals surface area contributed by atoms with Crippen LogP contribution in [0.4, 0.5) is 5.69 Å². The Morgan fingerprint density at radius 1 is 1.20 bits per heavy atom. The first-order chi connectivity index (χ1) is 7.29. The molecule has 0 radical (unpaired) electrons. The van der Waals surface area contributed by atoms with Crippen LogP contribution in [0.3, 0.4) is 0 Å². The van der Waals surface area contributed by atoms with E-state index in [0.29, 0.717) is 0 Å². The lowest BCUT2D eigenvalue weighted by Gasteiger charge is -2.47. The van der Waals surface area contributed by atoms with Gasteiger partial charge in [0.1, 0.15) is 0 Å². The van der Waals surface area contributed by atoms with Crippen molar-refractivity contribution in [3.05, 3.63) is 29.8 Å². The Morgan fingerprint density at radius 3 is 2.60 bits per heavy atom. The summed E-state index contributed by atoms with van der Waals surface area (Å²) in [5.41, 5.74) is 8.02. The molecule has 2 saturated heterocycles. The van der Waals surface area contributed by atoms with Gasteiger partial charge in [0.15, 0.2) is 0 Å². The van der Waals surface area contributed by atoms with Gasteiger partial charge in [-0.3, -0.25) is 4.90 Å². The van der Waals surface area contributed by atoms with Crippen molar-refractivity contribution in [3.8, 4) is 0 Å². The Balaban J connectivity index is 1.65. The van der Waals surface area contributed by atoms with Gasteiger partial charge < -0.3 is 5.73 Å². The largest absolute Gasteiger partial charge is 0.399 e. The molecule has 3 aliphatic rings. The van der Waals surface area contributed by atoms with E-state index in [-0.39, 0.29) is 0 Å². The first-order valence-electron chi connectivity index (χ1n) is 5.86. The number of rotatable bonds is 2. The van der Waals surface area contributed by atoms with Gasteiger partial charge >= 0.3 is 0 Å². The van der Waals surface area contributed by atoms with Gasteiger partial charge in [-0.1, -0.05) is 12.1 Å². The third-order valence-corrected chi connectivity index (χ3v) is 3.72. The highest BCUT2D eigenvalue weighted by molar-refractivity contribution is 5.40. The topological polar surface area (TPSA) is 29.3 Å². The molecule has 1 saturated carbocycles. The summed E-state index contributed by atoms with van der Waals surface area (Å²) in [4.78, 5) is 2.58. The van der Waals surface area contributed by atoms with Gasteiger partial charge in [0, 0.05) is 25.3 Å². The molecule has 15 heavy (non-hydrogen) atoms. The summed E-state index contributed by atoms with van der Waals surface area (Å²) in [5.74, 6) is 1.98. The van der Waals surface area contributed by atoms with Gasteiger partial charge in [0.25, 0.3) is 0 Å². The summed E-state index contributed by atoms with van der Waals surface area (Å²) in [7, 11) is 0. The van der Waals surface area contributed by atoms with E-state index < -0.39 is 0 Å². The van der Waals surface area contributed by atoms with Gasteiger partial charge in [-0.25, -0.2) is 0 Å². The van der Waals surface area contributed by atoms with E-state index >= 15 is 0 Å². The zero-order chi connectivity index (χ0) is 10.3. The second-order valence-corrected chi connectivity index (χ2v) is 5.14. The Labute approximate surface area is 91.1 Å². The molecule has 2 nitrogen and oxygen atoms in total. The molecule has 2 N–H and O–H groups in total. The molecule has 2 aliphatic heterocycles. The Hall–Kier alpha value is -1.02. The second kappa shape index (κ2) is 3.53. The van der Waals surface area contributed by atoms with Crippen LogP contribution in [-0.2, 0) is 6.54 Å². The fourth-order valence-electron chi connectivity index (χ4n) is 3.06. The van der Waals surface area contributed by atoms with Crippen molar-refractivity contribution in [3.63, 3.8) is 0 Å². The van der Waals surface area contributed by atoms with Crippen molar-refractivity contribution in [2.24, 2.45) is 11.8 Å². The minimum atomic E-state index is 0.884. The third-order valence-electron chi connectivity index (χ3n) is 3.72. The van der Waals surface area contributed by atoms with Crippen molar-refractivity contribution in [2.75, 3.05) is 18.8 Å². The highest BCUT2D eigenvalue weighted by atomic mass is 15.1. The van der Waals surface area contributed by atoms with E-state index in [1.807, 2.05) is 6.07 Å². The molecule has 1 aromatic rings. The number of nitrogens with two attached hydrogens (primary N) is 1. The maximum absolute atomic E-state index is 5.78. The van der Waals surface area contributed by atoms with E-state index in [1.54, 1.807) is 0 Å². The summed E-state index contributed by atoms with van der Waals surface area (Å²) < 4.78 is 0. The number of piperidine rings is 2. The van der Waals surface area contributed by atoms with Gasteiger partial charge in [0.2, 0.25) is 0 Å². The highest BCUT2D eigenvalue weighted by Gasteiger charge is 2.36. The van der Waals surface area contributed by atoms with E-state index in [9.17, 15) is 0 Å². The lowest BCUT2D eigenvalue weighted by atomic mass is 9.71. The molecule has 1 aliphatic carbocycles. The fourth-order valence-corrected chi connectivity index (χ4v) is 3.06. The van der Waals surface area contributed by atoms with Gasteiger partial charge in [-0.05, 0) is 42.4 Å². The molecule has 0 amide bonds. The van der Waals surface area contributed by atoms with Crippen molar-refractivity contribution in [1.82, 2.24) is 4.90 Å². The first kappa shape index (κ1) is 9.22. The molecule has 2 heterocycles. The van der Waals surface area contributed by atoms with Crippen molar-refractivity contribution < 1.29 is 0 Å². The van der Waals surface area contributed by atoms with E-state index in [1.165, 1.54) is 31.5 Å². The van der Waals surface area contributed by atoms with Crippen molar-refractivity contribution in [1.29, 1.82) is 0 Å². The molecule has 0 atom stereocenters. The van der Waals surface area contributed by atoms with Gasteiger partial charge in [0.05, 0.1) is 0 Å². The molecule has 3 fully saturated rings. The number of nitrogens with zero attached hydrogens (tertiary/aromatic N) is 1. The fraction of sp³-hybridized carbons (Fsp3) is 0.538. The predicted octanol–water partition coefficient (Wildman–Crippen LogP) is 2.11. The quantitative estimate of drug-likeness (QED) is 0.744. The summed E-state index contributed by atoms with van der Waals surface area (Å²) in [6, 6.07) is 8.28. The van der Waals surface area contributed by atoms with Crippen LogP contribution < -0.4 is 5.73 Å². The van der Waals surface area contributed by atoms with E-state index in [2.05, 4.69) is 23.1 Å². The minimum Gasteiger partial charge on any atom is -0.399 e. The number of hydrogen-bond acceptors (Lipinski definition) is 2. The molecule has 4 rings (SSSR count). The first-order valence-corrected chi connectivity index (χ1v) is 5.86. The molecule has 2 heteroatoms. The third kappa shape index (κ3) is 1.86. The zero-order valence-electron chi connectivity index (χ0n) is 9.02. The summed E-state index contributed by atoms with van der Waals surface area (Å²) in [6.45, 7) is 3.68. The van der Waals surface area contributed by atoms with E-state index in [4.69, 9.17) is 5.73 Å². The van der Waals surface area contributed by atoms with Crippen LogP contribution in [0.2, 0.25) is 0 Å². The Bertz CT molecular complexity index is 345. The van der Waals surface area contributed by atoms with Crippen LogP contribution in [0, 0.1) is 11.8 Å². The molecule has 0 unspecified atom stereocenters. The SMILES string of the molecule is Nc1cccc(CN2CC3CC(C3)C2)c1. The normalized spacial score (nSPS) is 29.9. The zero-order valence-corrected chi connectivity index (χ0v) is 9.02. The number of fused-ring (bicyclic) bond motifs is 2. The molecular formula is C13H18N2. The van der Waals surface area contributed by atoms with Crippen molar-refractivity contribution >= 4 is 5.69 Å². The Kier molecular flexibility index (Phi) is 2.17. The lowest BCUT2D eigenvalue weighted by Crippen LogP contribution is -2.47. The van der Waals surface area contributed by atoms with Crippen LogP contribution in [0.1, 0.15) is 18.4 Å². The van der Waals surface area contributed by atoms with Gasteiger partial charge in [-0.15, -0.1) is 0 Å². The lowest BCUT2D eigenvalue weighted by molar-refractivity contribution is 0.0228. The molecule has 0 spiro atoms. The summed E-state index contributed by atoms with van der Waals surface area (Å²) >= 11 is 0. The predicted molar refractivity (Wildman–Crippen MR) is 62.3 cm³/mol. The maximum Gasteiger partial charge on any atom is 0.0317 e. The minimum absolute atomic E-state index is 0.884. The average Bonchev–Trinajstić information content (AvgIpc) is 2.16. The molecule has 80 valence electrons. The van der Waals surface area contributed by atoms with Crippen LogP contribution in [0.5, 0.6) is 0 Å². The standard InChI is InChI=1S/C13H18N2/c14-13-3-1-2-10(6-13)7-15-8-11-4-12(5-11)9-15/h1-3,6,11-12H,4-5,7-9,14H2. The van der Waals surface area contributed by atoms with Crippen LogP contribution in [-0.4, -0.2) is 18.0 Å². The number of hydrogen-bond donors (Lipinski definition) is 1. The molecule has 0 aromatic heterocycles. The summed E-state index contributed by atoms with van der Waals surface area (Å²) in [5, 5.41) is 0. The number of anilines is 1.